The Balaban J connectivity index is 1.45. The molecular weight excluding hydrogens is 454 g/mol. The van der Waals surface area contributed by atoms with Crippen molar-refractivity contribution in [1.82, 2.24) is 25.0 Å². The van der Waals surface area contributed by atoms with Crippen molar-refractivity contribution < 1.29 is 24.1 Å². The molecule has 0 amide bonds. The number of aliphatic hydroxyl groups is 3. The molecular formula is C21H24F2N6O3S. The number of aromatic nitrogens is 5. The number of halogens is 2. The van der Waals surface area contributed by atoms with E-state index in [4.69, 9.17) is 0 Å². The summed E-state index contributed by atoms with van der Waals surface area (Å²) >= 11 is 1.47. The zero-order chi connectivity index (χ0) is 23.3. The van der Waals surface area contributed by atoms with Crippen LogP contribution >= 0.6 is 11.8 Å². The molecule has 2 aromatic heterocycles. The first-order valence-corrected chi connectivity index (χ1v) is 11.9. The van der Waals surface area contributed by atoms with E-state index >= 15 is 0 Å². The normalized spacial score (nSPS) is 29.0. The predicted molar refractivity (Wildman–Crippen MR) is 117 cm³/mol. The average Bonchev–Trinajstić information content (AvgIpc) is 3.36. The van der Waals surface area contributed by atoms with E-state index < -0.39 is 36.0 Å². The van der Waals surface area contributed by atoms with E-state index in [-0.39, 0.29) is 18.4 Å². The van der Waals surface area contributed by atoms with Crippen LogP contribution in [0.5, 0.6) is 0 Å². The maximum absolute atomic E-state index is 13.6. The molecule has 0 unspecified atom stereocenters. The first-order valence-electron chi connectivity index (χ1n) is 10.9. The highest BCUT2D eigenvalue weighted by atomic mass is 32.2. The summed E-state index contributed by atoms with van der Waals surface area (Å²) < 4.78 is 28.4. The molecule has 3 aromatic rings. The van der Waals surface area contributed by atoms with Gasteiger partial charge >= 0.3 is 0 Å². The van der Waals surface area contributed by atoms with Crippen LogP contribution in [0.4, 0.5) is 14.6 Å². The van der Waals surface area contributed by atoms with Gasteiger partial charge in [-0.3, -0.25) is 0 Å². The van der Waals surface area contributed by atoms with Gasteiger partial charge in [0.2, 0.25) is 0 Å². The second-order valence-corrected chi connectivity index (χ2v) is 9.59. The highest BCUT2D eigenvalue weighted by molar-refractivity contribution is 7.99. The van der Waals surface area contributed by atoms with Crippen molar-refractivity contribution in [3.05, 3.63) is 35.4 Å². The van der Waals surface area contributed by atoms with Gasteiger partial charge in [0.15, 0.2) is 33.8 Å². The van der Waals surface area contributed by atoms with Gasteiger partial charge in [-0.05, 0) is 30.5 Å². The van der Waals surface area contributed by atoms with E-state index in [1.165, 1.54) is 22.5 Å². The van der Waals surface area contributed by atoms with E-state index in [0.717, 1.165) is 24.7 Å². The number of fused-ring (bicyclic) bond motifs is 1. The molecule has 0 aliphatic heterocycles. The molecule has 2 aliphatic rings. The highest BCUT2D eigenvalue weighted by Gasteiger charge is 2.44. The number of thioether (sulfide) groups is 1. The van der Waals surface area contributed by atoms with Gasteiger partial charge < -0.3 is 20.6 Å². The first kappa shape index (κ1) is 22.4. The van der Waals surface area contributed by atoms with Crippen LogP contribution in [0.15, 0.2) is 23.4 Å². The number of benzene rings is 1. The van der Waals surface area contributed by atoms with Gasteiger partial charge in [-0.1, -0.05) is 30.0 Å². The van der Waals surface area contributed by atoms with Gasteiger partial charge in [-0.15, -0.1) is 5.10 Å². The summed E-state index contributed by atoms with van der Waals surface area (Å²) in [5.41, 5.74) is 1.49. The van der Waals surface area contributed by atoms with E-state index in [9.17, 15) is 24.1 Å². The Bertz CT molecular complexity index is 1180. The van der Waals surface area contributed by atoms with E-state index in [1.807, 2.05) is 6.92 Å². The molecule has 176 valence electrons. The van der Waals surface area contributed by atoms with Crippen molar-refractivity contribution in [2.24, 2.45) is 0 Å². The van der Waals surface area contributed by atoms with Gasteiger partial charge in [-0.2, -0.15) is 0 Å². The summed E-state index contributed by atoms with van der Waals surface area (Å²) in [7, 11) is 0. The van der Waals surface area contributed by atoms with E-state index in [1.54, 1.807) is 6.07 Å². The zero-order valence-electron chi connectivity index (χ0n) is 17.8. The number of aliphatic hydroxyl groups excluding tert-OH is 3. The Hall–Kier alpha value is -2.41. The molecule has 2 aliphatic carbocycles. The lowest BCUT2D eigenvalue weighted by molar-refractivity contribution is -0.0253. The fourth-order valence-corrected chi connectivity index (χ4v) is 4.95. The van der Waals surface area contributed by atoms with Crippen molar-refractivity contribution in [3.8, 4) is 0 Å². The van der Waals surface area contributed by atoms with E-state index in [0.29, 0.717) is 27.7 Å². The molecule has 12 heteroatoms. The lowest BCUT2D eigenvalue weighted by atomic mass is 10.1. The quantitative estimate of drug-likeness (QED) is 0.298. The number of rotatable bonds is 7. The van der Waals surface area contributed by atoms with Crippen LogP contribution in [0.3, 0.4) is 0 Å². The molecule has 0 bridgehead atoms. The molecule has 0 radical (unpaired) electrons. The molecule has 5 rings (SSSR count). The summed E-state index contributed by atoms with van der Waals surface area (Å²) in [6.45, 7) is 2.05. The summed E-state index contributed by atoms with van der Waals surface area (Å²) in [4.78, 5) is 9.17. The third-order valence-electron chi connectivity index (χ3n) is 6.16. The van der Waals surface area contributed by atoms with Crippen molar-refractivity contribution in [1.29, 1.82) is 0 Å². The number of nitrogens with zero attached hydrogens (tertiary/aromatic N) is 5. The number of anilines is 1. The maximum atomic E-state index is 13.6. The molecule has 33 heavy (non-hydrogen) atoms. The van der Waals surface area contributed by atoms with Gasteiger partial charge in [0.1, 0.15) is 12.2 Å². The van der Waals surface area contributed by atoms with Crippen molar-refractivity contribution >= 4 is 28.7 Å². The highest BCUT2D eigenvalue weighted by Crippen LogP contribution is 2.44. The van der Waals surface area contributed by atoms with Crippen LogP contribution in [-0.4, -0.2) is 70.4 Å². The third kappa shape index (κ3) is 4.16. The minimum Gasteiger partial charge on any atom is -0.390 e. The van der Waals surface area contributed by atoms with Crippen LogP contribution < -0.4 is 5.32 Å². The summed E-state index contributed by atoms with van der Waals surface area (Å²) in [6.07, 6.45) is -1.78. The molecule has 0 spiro atoms. The number of hydrogen-bond donors (Lipinski definition) is 4. The van der Waals surface area contributed by atoms with Crippen molar-refractivity contribution in [2.75, 3.05) is 11.1 Å². The van der Waals surface area contributed by atoms with Gasteiger partial charge in [0.05, 0.1) is 12.1 Å². The SMILES string of the molecule is CCCSc1nc(N[C@@H]2C[C@H]2c2ccc(F)c(F)c2)c2nnn([C@@H]3C[C@H](O)[C@@H](O)[C@H]3O)c2n1. The Kier molecular flexibility index (Phi) is 5.93. The molecule has 2 fully saturated rings. The van der Waals surface area contributed by atoms with Crippen LogP contribution in [0.25, 0.3) is 11.2 Å². The fourth-order valence-electron chi connectivity index (χ4n) is 4.26. The van der Waals surface area contributed by atoms with Crippen LogP contribution in [0.1, 0.15) is 43.7 Å². The number of hydrogen-bond acceptors (Lipinski definition) is 9. The molecule has 0 saturated heterocycles. The summed E-state index contributed by atoms with van der Waals surface area (Å²) in [6, 6.07) is 3.21. The van der Waals surface area contributed by atoms with Crippen LogP contribution in [-0.2, 0) is 0 Å². The largest absolute Gasteiger partial charge is 0.390 e. The van der Waals surface area contributed by atoms with E-state index in [2.05, 4.69) is 25.6 Å². The summed E-state index contributed by atoms with van der Waals surface area (Å²) in [5.74, 6) is -0.470. The fraction of sp³-hybridized carbons (Fsp3) is 0.524. The van der Waals surface area contributed by atoms with Gasteiger partial charge in [0.25, 0.3) is 0 Å². The molecule has 1 aromatic carbocycles. The number of nitrogens with one attached hydrogen (secondary N) is 1. The van der Waals surface area contributed by atoms with Crippen LogP contribution in [0, 0.1) is 11.6 Å². The Morgan fingerprint density at radius 3 is 2.64 bits per heavy atom. The van der Waals surface area contributed by atoms with Crippen molar-refractivity contribution in [3.63, 3.8) is 0 Å². The Morgan fingerprint density at radius 2 is 1.94 bits per heavy atom. The minimum atomic E-state index is -1.27. The lowest BCUT2D eigenvalue weighted by Gasteiger charge is -2.16. The smallest absolute Gasteiger partial charge is 0.191 e. The molecule has 6 atom stereocenters. The zero-order valence-corrected chi connectivity index (χ0v) is 18.6. The van der Waals surface area contributed by atoms with Gasteiger partial charge in [-0.25, -0.2) is 23.4 Å². The molecule has 2 saturated carbocycles. The van der Waals surface area contributed by atoms with Crippen molar-refractivity contribution in [2.45, 2.75) is 67.7 Å². The topological polar surface area (TPSA) is 129 Å². The first-order chi connectivity index (χ1) is 15.9. The standard InChI is InChI=1S/C21H24F2N6O3S/c1-2-5-33-21-25-19(24-13-7-10(13)9-3-4-11(22)12(23)6-9)16-20(26-21)29(28-27-16)14-8-15(30)18(32)17(14)31/h3-4,6,10,13-15,17-18,30-32H,2,5,7-8H2,1H3,(H,24,25,26)/t10-,13+,14+,15-,17-,18+/m0/s1. The lowest BCUT2D eigenvalue weighted by Crippen LogP contribution is -2.31. The Labute approximate surface area is 192 Å². The molecule has 9 nitrogen and oxygen atoms in total. The predicted octanol–water partition coefficient (Wildman–Crippen LogP) is 2.00. The molecule has 2 heterocycles. The average molecular weight is 479 g/mol. The maximum Gasteiger partial charge on any atom is 0.191 e. The van der Waals surface area contributed by atoms with Crippen LogP contribution in [0.2, 0.25) is 0 Å². The Morgan fingerprint density at radius 1 is 1.12 bits per heavy atom. The second kappa shape index (κ2) is 8.75. The molecule has 4 N–H and O–H groups in total. The monoisotopic (exact) mass is 478 g/mol. The van der Waals surface area contributed by atoms with Gasteiger partial charge in [0, 0.05) is 24.1 Å². The summed E-state index contributed by atoms with van der Waals surface area (Å²) in [5, 5.41) is 42.5. The second-order valence-electron chi connectivity index (χ2n) is 8.53. The third-order valence-corrected chi connectivity index (χ3v) is 7.21. The minimum absolute atomic E-state index is 0.00820.